The Morgan fingerprint density at radius 2 is 1.70 bits per heavy atom. The number of carbonyl (C=O) groups excluding carboxylic acids is 2. The Kier molecular flexibility index (Phi) is 6.24. The molecule has 7 heteroatoms. The van der Waals surface area contributed by atoms with Gasteiger partial charge in [0.05, 0.1) is 12.2 Å². The summed E-state index contributed by atoms with van der Waals surface area (Å²) in [5, 5.41) is 4.29. The zero-order chi connectivity index (χ0) is 22.2. The van der Waals surface area contributed by atoms with Crippen LogP contribution in [0, 0.1) is 20.8 Å². The van der Waals surface area contributed by atoms with Crippen molar-refractivity contribution in [3.8, 4) is 0 Å². The number of piperidine rings is 1. The number of nitrogens with zero attached hydrogens (tertiary/aromatic N) is 3. The maximum Gasteiger partial charge on any atom is 0.513 e. The highest BCUT2D eigenvalue weighted by molar-refractivity contribution is 6.24. The van der Waals surface area contributed by atoms with Gasteiger partial charge >= 0.3 is 6.16 Å². The Morgan fingerprint density at radius 3 is 2.20 bits per heavy atom. The van der Waals surface area contributed by atoms with Crippen LogP contribution in [0.5, 0.6) is 0 Å². The van der Waals surface area contributed by atoms with E-state index >= 15 is 0 Å². The van der Waals surface area contributed by atoms with E-state index in [0.717, 1.165) is 35.3 Å². The minimum atomic E-state index is -0.759. The van der Waals surface area contributed by atoms with Crippen LogP contribution in [0.2, 0.25) is 0 Å². The number of ether oxygens (including phenoxy) is 2. The maximum absolute atomic E-state index is 13.5. The van der Waals surface area contributed by atoms with Gasteiger partial charge in [0.15, 0.2) is 5.76 Å². The summed E-state index contributed by atoms with van der Waals surface area (Å²) in [6.45, 7) is 9.51. The summed E-state index contributed by atoms with van der Waals surface area (Å²) in [5.41, 5.74) is 3.81. The molecule has 0 aliphatic carbocycles. The van der Waals surface area contributed by atoms with Crippen molar-refractivity contribution in [3.63, 3.8) is 0 Å². The quantitative estimate of drug-likeness (QED) is 0.704. The van der Waals surface area contributed by atoms with Gasteiger partial charge in [0.1, 0.15) is 5.54 Å². The van der Waals surface area contributed by atoms with E-state index in [1.165, 1.54) is 0 Å². The van der Waals surface area contributed by atoms with Crippen LogP contribution in [0.1, 0.15) is 42.0 Å². The predicted octanol–water partition coefficient (Wildman–Crippen LogP) is 3.28. The Morgan fingerprint density at radius 1 is 1.13 bits per heavy atom. The van der Waals surface area contributed by atoms with Crippen LogP contribution in [0.25, 0.3) is 5.57 Å². The van der Waals surface area contributed by atoms with Crippen LogP contribution in [-0.2, 0) is 14.3 Å². The fourth-order valence-electron chi connectivity index (χ4n) is 4.84. The first-order chi connectivity index (χ1) is 14.1. The van der Waals surface area contributed by atoms with E-state index in [-0.39, 0.29) is 12.5 Å². The standard InChI is InChI=1S/C23H33N3O4/c1-8-29-22(28)30-20-19(18-16(3)13-15(2)14-17(18)4)21(27)25(7)23(20)9-11-26(12-10-23)24(5)6/h13-14H,8-12H2,1-7H3. The lowest BCUT2D eigenvalue weighted by molar-refractivity contribution is -0.130. The van der Waals surface area contributed by atoms with Crippen molar-refractivity contribution in [2.75, 3.05) is 40.8 Å². The number of amides is 1. The summed E-state index contributed by atoms with van der Waals surface area (Å²) in [6, 6.07) is 4.12. The molecule has 2 aliphatic heterocycles. The molecular formula is C23H33N3O4. The molecule has 164 valence electrons. The van der Waals surface area contributed by atoms with E-state index in [9.17, 15) is 9.59 Å². The highest BCUT2D eigenvalue weighted by Gasteiger charge is 2.54. The minimum absolute atomic E-state index is 0.109. The third kappa shape index (κ3) is 3.72. The third-order valence-electron chi connectivity index (χ3n) is 6.32. The Balaban J connectivity index is 2.16. The summed E-state index contributed by atoms with van der Waals surface area (Å²) >= 11 is 0. The molecule has 1 aromatic rings. The number of hydrogen-bond acceptors (Lipinski definition) is 6. The number of hydrogen-bond donors (Lipinski definition) is 0. The van der Waals surface area contributed by atoms with Gasteiger partial charge in [0.25, 0.3) is 5.91 Å². The van der Waals surface area contributed by atoms with E-state index in [1.807, 2.05) is 41.9 Å². The first kappa shape index (κ1) is 22.3. The lowest BCUT2D eigenvalue weighted by Gasteiger charge is -2.45. The molecule has 1 fully saturated rings. The molecule has 0 radical (unpaired) electrons. The van der Waals surface area contributed by atoms with E-state index in [1.54, 1.807) is 11.8 Å². The van der Waals surface area contributed by atoms with E-state index < -0.39 is 11.7 Å². The number of carbonyl (C=O) groups is 2. The van der Waals surface area contributed by atoms with Gasteiger partial charge in [-0.1, -0.05) is 17.7 Å². The van der Waals surface area contributed by atoms with Crippen molar-refractivity contribution < 1.29 is 19.1 Å². The molecule has 7 nitrogen and oxygen atoms in total. The van der Waals surface area contributed by atoms with Crippen LogP contribution in [-0.4, -0.2) is 73.4 Å². The van der Waals surface area contributed by atoms with Gasteiger partial charge in [-0.2, -0.15) is 0 Å². The van der Waals surface area contributed by atoms with Crippen LogP contribution in [0.15, 0.2) is 17.9 Å². The van der Waals surface area contributed by atoms with E-state index in [4.69, 9.17) is 9.47 Å². The molecule has 30 heavy (non-hydrogen) atoms. The lowest BCUT2D eigenvalue weighted by atomic mass is 9.84. The molecule has 2 aliphatic rings. The first-order valence-corrected chi connectivity index (χ1v) is 10.5. The SMILES string of the molecule is CCOC(=O)OC1=C(c2c(C)cc(C)cc2C)C(=O)N(C)C12CCN(N(C)C)CC2. The Bertz CT molecular complexity index is 859. The lowest BCUT2D eigenvalue weighted by Crippen LogP contribution is -2.56. The van der Waals surface area contributed by atoms with Crippen molar-refractivity contribution in [3.05, 3.63) is 40.1 Å². The molecule has 0 bridgehead atoms. The second kappa shape index (κ2) is 8.40. The largest absolute Gasteiger partial charge is 0.513 e. The summed E-state index contributed by atoms with van der Waals surface area (Å²) < 4.78 is 10.9. The summed E-state index contributed by atoms with van der Waals surface area (Å²) in [4.78, 5) is 27.7. The van der Waals surface area contributed by atoms with Crippen LogP contribution in [0.4, 0.5) is 4.79 Å². The predicted molar refractivity (Wildman–Crippen MR) is 116 cm³/mol. The smallest absolute Gasteiger partial charge is 0.434 e. The number of aryl methyl sites for hydroxylation is 3. The summed E-state index contributed by atoms with van der Waals surface area (Å²) in [5.74, 6) is 0.324. The van der Waals surface area contributed by atoms with Gasteiger partial charge in [-0.05, 0) is 57.2 Å². The molecule has 2 heterocycles. The molecule has 1 spiro atoms. The van der Waals surface area contributed by atoms with Crippen LogP contribution >= 0.6 is 0 Å². The second-order valence-electron chi connectivity index (χ2n) is 8.46. The van der Waals surface area contributed by atoms with Crippen molar-refractivity contribution in [2.45, 2.75) is 46.1 Å². The van der Waals surface area contributed by atoms with E-state index in [2.05, 4.69) is 22.2 Å². The fourth-order valence-corrected chi connectivity index (χ4v) is 4.84. The van der Waals surface area contributed by atoms with Crippen molar-refractivity contribution in [1.82, 2.24) is 14.9 Å². The Hall–Kier alpha value is -2.38. The van der Waals surface area contributed by atoms with Gasteiger partial charge in [0.2, 0.25) is 0 Å². The zero-order valence-electron chi connectivity index (χ0n) is 19.2. The van der Waals surface area contributed by atoms with Gasteiger partial charge in [-0.3, -0.25) is 4.79 Å². The highest BCUT2D eigenvalue weighted by Crippen LogP contribution is 2.47. The van der Waals surface area contributed by atoms with Crippen LogP contribution in [0.3, 0.4) is 0 Å². The number of hydrazine groups is 1. The zero-order valence-corrected chi connectivity index (χ0v) is 19.2. The average Bonchev–Trinajstić information content (AvgIpc) is 2.84. The molecular weight excluding hydrogens is 382 g/mol. The van der Waals surface area contributed by atoms with Gasteiger partial charge in [-0.25, -0.2) is 14.8 Å². The summed E-state index contributed by atoms with van der Waals surface area (Å²) in [6.07, 6.45) is 0.593. The first-order valence-electron chi connectivity index (χ1n) is 10.5. The number of rotatable bonds is 4. The Labute approximate surface area is 179 Å². The highest BCUT2D eigenvalue weighted by atomic mass is 16.7. The molecule has 0 saturated carbocycles. The van der Waals surface area contributed by atoms with Crippen LogP contribution < -0.4 is 0 Å². The molecule has 0 N–H and O–H groups in total. The topological polar surface area (TPSA) is 62.3 Å². The molecule has 1 aromatic carbocycles. The molecule has 3 rings (SSSR count). The normalized spacial score (nSPS) is 19.2. The third-order valence-corrected chi connectivity index (χ3v) is 6.32. The molecule has 0 aromatic heterocycles. The van der Waals surface area contributed by atoms with Crippen molar-refractivity contribution in [1.29, 1.82) is 0 Å². The minimum Gasteiger partial charge on any atom is -0.434 e. The van der Waals surface area contributed by atoms with Crippen molar-refractivity contribution in [2.24, 2.45) is 0 Å². The van der Waals surface area contributed by atoms with Gasteiger partial charge in [0, 0.05) is 34.2 Å². The van der Waals surface area contributed by atoms with Crippen molar-refractivity contribution >= 4 is 17.6 Å². The summed E-state index contributed by atoms with van der Waals surface area (Å²) in [7, 11) is 5.84. The van der Waals surface area contributed by atoms with Gasteiger partial charge in [-0.15, -0.1) is 0 Å². The van der Waals surface area contributed by atoms with E-state index in [0.29, 0.717) is 24.2 Å². The second-order valence-corrected chi connectivity index (χ2v) is 8.46. The van der Waals surface area contributed by atoms with Gasteiger partial charge < -0.3 is 14.4 Å². The average molecular weight is 416 g/mol. The maximum atomic E-state index is 13.5. The molecule has 1 amide bonds. The number of benzene rings is 1. The monoisotopic (exact) mass is 415 g/mol. The molecule has 1 saturated heterocycles. The fraction of sp³-hybridized carbons (Fsp3) is 0.565. The molecule has 0 atom stereocenters. The number of likely N-dealkylation sites (N-methyl/N-ethyl adjacent to an activating group) is 1. The molecule has 0 unspecified atom stereocenters.